The minimum Gasteiger partial charge on any atom is -0.326 e. The molecule has 1 saturated heterocycles. The highest BCUT2D eigenvalue weighted by atomic mass is 35.5. The van der Waals surface area contributed by atoms with Crippen LogP contribution in [0.2, 0.25) is 5.02 Å². The predicted octanol–water partition coefficient (Wildman–Crippen LogP) is 3.69. The third kappa shape index (κ3) is 4.09. The van der Waals surface area contributed by atoms with Crippen LogP contribution in [0.4, 0.5) is 5.69 Å². The second kappa shape index (κ2) is 7.78. The number of nitrogens with one attached hydrogen (secondary N) is 1. The van der Waals surface area contributed by atoms with E-state index in [1.54, 1.807) is 42.5 Å². The monoisotopic (exact) mass is 392 g/mol. The van der Waals surface area contributed by atoms with Gasteiger partial charge in [0, 0.05) is 23.8 Å². The molecule has 1 heterocycles. The molecule has 26 heavy (non-hydrogen) atoms. The minimum atomic E-state index is -3.58. The topological polar surface area (TPSA) is 66.5 Å². The van der Waals surface area contributed by atoms with Gasteiger partial charge < -0.3 is 5.32 Å². The largest absolute Gasteiger partial charge is 0.326 e. The molecule has 7 heteroatoms. The molecule has 2 aromatic rings. The molecule has 1 fully saturated rings. The number of aryl methyl sites for hydroxylation is 1. The van der Waals surface area contributed by atoms with Gasteiger partial charge in [0.25, 0.3) is 0 Å². The number of nitrogens with zero attached hydrogens (tertiary/aromatic N) is 1. The number of hydrogen-bond donors (Lipinski definition) is 1. The van der Waals surface area contributed by atoms with Crippen LogP contribution in [0.5, 0.6) is 0 Å². The number of carbonyl (C=O) groups excluding carboxylic acids is 1. The lowest BCUT2D eigenvalue weighted by molar-refractivity contribution is -0.120. The van der Waals surface area contributed by atoms with E-state index in [1.807, 2.05) is 13.0 Å². The number of carbonyl (C=O) groups is 1. The van der Waals surface area contributed by atoms with Gasteiger partial charge in [-0.2, -0.15) is 4.31 Å². The van der Waals surface area contributed by atoms with Crippen molar-refractivity contribution < 1.29 is 13.2 Å². The van der Waals surface area contributed by atoms with Gasteiger partial charge >= 0.3 is 0 Å². The summed E-state index contributed by atoms with van der Waals surface area (Å²) in [6.07, 6.45) is 1.31. The van der Waals surface area contributed by atoms with Crippen molar-refractivity contribution >= 4 is 33.2 Å². The molecule has 1 amide bonds. The van der Waals surface area contributed by atoms with Crippen LogP contribution < -0.4 is 5.32 Å². The summed E-state index contributed by atoms with van der Waals surface area (Å²) in [7, 11) is -3.58. The normalized spacial score (nSPS) is 18.5. The Labute approximate surface area is 159 Å². The fourth-order valence-electron chi connectivity index (χ4n) is 3.03. The van der Waals surface area contributed by atoms with E-state index in [9.17, 15) is 13.2 Å². The summed E-state index contributed by atoms with van der Waals surface area (Å²) in [4.78, 5) is 12.9. The number of hydrogen-bond acceptors (Lipinski definition) is 3. The molecular weight excluding hydrogens is 372 g/mol. The van der Waals surface area contributed by atoms with E-state index in [2.05, 4.69) is 5.32 Å². The molecule has 1 atom stereocenters. The lowest BCUT2D eigenvalue weighted by Crippen LogP contribution is -2.43. The van der Waals surface area contributed by atoms with Crippen molar-refractivity contribution in [3.05, 3.63) is 59.1 Å². The SMILES string of the molecule is Cc1ccc(NC(=O)[C@@H]2CCCN(S(=O)(=O)c3ccccc3)C2)cc1Cl. The maximum absolute atomic E-state index is 12.8. The Morgan fingerprint density at radius 3 is 2.62 bits per heavy atom. The first-order chi connectivity index (χ1) is 12.4. The molecular formula is C19H21ClN2O3S. The highest BCUT2D eigenvalue weighted by molar-refractivity contribution is 7.89. The van der Waals surface area contributed by atoms with Gasteiger partial charge in [-0.25, -0.2) is 8.42 Å². The molecule has 0 aromatic heterocycles. The van der Waals surface area contributed by atoms with Crippen LogP contribution in [0.1, 0.15) is 18.4 Å². The molecule has 1 aliphatic heterocycles. The summed E-state index contributed by atoms with van der Waals surface area (Å²) >= 11 is 6.10. The van der Waals surface area contributed by atoms with Crippen molar-refractivity contribution in [3.8, 4) is 0 Å². The molecule has 0 unspecified atom stereocenters. The first kappa shape index (κ1) is 18.9. The fraction of sp³-hybridized carbons (Fsp3) is 0.316. The Bertz CT molecular complexity index is 900. The van der Waals surface area contributed by atoms with E-state index in [0.29, 0.717) is 30.1 Å². The van der Waals surface area contributed by atoms with Gasteiger partial charge in [0.1, 0.15) is 0 Å². The Hall–Kier alpha value is -1.89. The predicted molar refractivity (Wildman–Crippen MR) is 103 cm³/mol. The molecule has 3 rings (SSSR count). The van der Waals surface area contributed by atoms with E-state index in [0.717, 1.165) is 5.56 Å². The molecule has 138 valence electrons. The van der Waals surface area contributed by atoms with E-state index in [-0.39, 0.29) is 23.3 Å². The van der Waals surface area contributed by atoms with Crippen LogP contribution in [0, 0.1) is 12.8 Å². The number of halogens is 1. The van der Waals surface area contributed by atoms with Crippen LogP contribution in [-0.4, -0.2) is 31.7 Å². The zero-order valence-corrected chi connectivity index (χ0v) is 16.1. The lowest BCUT2D eigenvalue weighted by Gasteiger charge is -2.31. The Balaban J connectivity index is 1.71. The van der Waals surface area contributed by atoms with Crippen molar-refractivity contribution in [1.82, 2.24) is 4.31 Å². The summed E-state index contributed by atoms with van der Waals surface area (Å²) in [5, 5.41) is 3.43. The summed E-state index contributed by atoms with van der Waals surface area (Å²) in [5.41, 5.74) is 1.55. The molecule has 0 saturated carbocycles. The number of amides is 1. The third-order valence-corrected chi connectivity index (χ3v) is 6.86. The number of anilines is 1. The average molecular weight is 393 g/mol. The molecule has 0 bridgehead atoms. The molecule has 1 N–H and O–H groups in total. The van der Waals surface area contributed by atoms with Gasteiger partial charge in [0.2, 0.25) is 15.9 Å². The second-order valence-corrected chi connectivity index (χ2v) is 8.81. The van der Waals surface area contributed by atoms with E-state index >= 15 is 0 Å². The van der Waals surface area contributed by atoms with Crippen LogP contribution in [0.25, 0.3) is 0 Å². The molecule has 5 nitrogen and oxygen atoms in total. The zero-order chi connectivity index (χ0) is 18.7. The first-order valence-corrected chi connectivity index (χ1v) is 10.3. The highest BCUT2D eigenvalue weighted by Crippen LogP contribution is 2.26. The zero-order valence-electron chi connectivity index (χ0n) is 14.5. The Morgan fingerprint density at radius 2 is 1.92 bits per heavy atom. The standard InChI is InChI=1S/C19H21ClN2O3S/c1-14-9-10-16(12-18(14)20)21-19(23)15-6-5-11-22(13-15)26(24,25)17-7-3-2-4-8-17/h2-4,7-10,12,15H,5-6,11,13H2,1H3,(H,21,23)/t15-/m1/s1. The lowest BCUT2D eigenvalue weighted by atomic mass is 9.98. The fourth-order valence-corrected chi connectivity index (χ4v) is 4.76. The average Bonchev–Trinajstić information content (AvgIpc) is 2.65. The number of piperidine rings is 1. The van der Waals surface area contributed by atoms with Crippen LogP contribution in [-0.2, 0) is 14.8 Å². The van der Waals surface area contributed by atoms with Gasteiger partial charge in [0.15, 0.2) is 0 Å². The second-order valence-electron chi connectivity index (χ2n) is 6.47. The van der Waals surface area contributed by atoms with Crippen molar-refractivity contribution in [1.29, 1.82) is 0 Å². The van der Waals surface area contributed by atoms with E-state index < -0.39 is 10.0 Å². The number of benzene rings is 2. The smallest absolute Gasteiger partial charge is 0.243 e. The summed E-state index contributed by atoms with van der Waals surface area (Å²) in [6.45, 7) is 2.50. The molecule has 0 spiro atoms. The third-order valence-electron chi connectivity index (χ3n) is 4.58. The summed E-state index contributed by atoms with van der Waals surface area (Å²) in [5.74, 6) is -0.569. The van der Waals surface area contributed by atoms with Crippen LogP contribution in [0.3, 0.4) is 0 Å². The van der Waals surface area contributed by atoms with E-state index in [1.165, 1.54) is 4.31 Å². The van der Waals surface area contributed by atoms with Crippen LogP contribution in [0.15, 0.2) is 53.4 Å². The van der Waals surface area contributed by atoms with Gasteiger partial charge in [0.05, 0.1) is 10.8 Å². The quantitative estimate of drug-likeness (QED) is 0.862. The minimum absolute atomic E-state index is 0.183. The first-order valence-electron chi connectivity index (χ1n) is 8.50. The van der Waals surface area contributed by atoms with E-state index in [4.69, 9.17) is 11.6 Å². The maximum Gasteiger partial charge on any atom is 0.243 e. The van der Waals surface area contributed by atoms with Gasteiger partial charge in [-0.1, -0.05) is 35.9 Å². The van der Waals surface area contributed by atoms with Crippen molar-refractivity contribution in [2.45, 2.75) is 24.7 Å². The van der Waals surface area contributed by atoms with Crippen molar-refractivity contribution in [3.63, 3.8) is 0 Å². The molecule has 0 radical (unpaired) electrons. The highest BCUT2D eigenvalue weighted by Gasteiger charge is 2.33. The molecule has 0 aliphatic carbocycles. The number of sulfonamides is 1. The van der Waals surface area contributed by atoms with Crippen molar-refractivity contribution in [2.24, 2.45) is 5.92 Å². The molecule has 2 aromatic carbocycles. The number of rotatable bonds is 4. The summed E-state index contributed by atoms with van der Waals surface area (Å²) < 4.78 is 26.9. The Kier molecular flexibility index (Phi) is 5.65. The summed E-state index contributed by atoms with van der Waals surface area (Å²) in [6, 6.07) is 13.7. The molecule has 1 aliphatic rings. The van der Waals surface area contributed by atoms with Gasteiger partial charge in [-0.15, -0.1) is 0 Å². The maximum atomic E-state index is 12.8. The Morgan fingerprint density at radius 1 is 1.19 bits per heavy atom. The van der Waals surface area contributed by atoms with Crippen molar-refractivity contribution in [2.75, 3.05) is 18.4 Å². The van der Waals surface area contributed by atoms with Gasteiger partial charge in [-0.3, -0.25) is 4.79 Å². The van der Waals surface area contributed by atoms with Gasteiger partial charge in [-0.05, 0) is 49.6 Å². The van der Waals surface area contributed by atoms with Crippen LogP contribution >= 0.6 is 11.6 Å².